The minimum absolute atomic E-state index is 0.643. The fourth-order valence-corrected chi connectivity index (χ4v) is 2.98. The van der Waals surface area contributed by atoms with Crippen LogP contribution >= 0.6 is 0 Å². The summed E-state index contributed by atoms with van der Waals surface area (Å²) in [6.45, 7) is 3.71. The lowest BCUT2D eigenvalue weighted by Crippen LogP contribution is -2.25. The SMILES string of the molecule is Cc1cc(NCC2CCCC2CN)n2ncnc2n1. The molecule has 0 aliphatic heterocycles. The van der Waals surface area contributed by atoms with Crippen molar-refractivity contribution in [3.8, 4) is 0 Å². The quantitative estimate of drug-likeness (QED) is 0.864. The van der Waals surface area contributed by atoms with Gasteiger partial charge in [-0.1, -0.05) is 6.42 Å². The van der Waals surface area contributed by atoms with E-state index in [0.717, 1.165) is 24.6 Å². The van der Waals surface area contributed by atoms with Crippen molar-refractivity contribution in [2.45, 2.75) is 26.2 Å². The van der Waals surface area contributed by atoms with Gasteiger partial charge in [0.2, 0.25) is 0 Å². The van der Waals surface area contributed by atoms with Crippen LogP contribution in [-0.2, 0) is 0 Å². The van der Waals surface area contributed by atoms with Gasteiger partial charge in [0.05, 0.1) is 0 Å². The van der Waals surface area contributed by atoms with Crippen molar-refractivity contribution in [2.24, 2.45) is 17.6 Å². The summed E-state index contributed by atoms with van der Waals surface area (Å²) >= 11 is 0. The Balaban J connectivity index is 1.76. The molecule has 1 saturated carbocycles. The van der Waals surface area contributed by atoms with Crippen LogP contribution in [0.25, 0.3) is 5.78 Å². The second-order valence-corrected chi connectivity index (χ2v) is 5.32. The highest BCUT2D eigenvalue weighted by atomic mass is 15.3. The summed E-state index contributed by atoms with van der Waals surface area (Å²) in [7, 11) is 0. The Morgan fingerprint density at radius 2 is 2.26 bits per heavy atom. The average Bonchev–Trinajstić information content (AvgIpc) is 3.03. The zero-order chi connectivity index (χ0) is 13.2. The molecule has 0 spiro atoms. The molecule has 0 amide bonds. The molecular weight excluding hydrogens is 240 g/mol. The Labute approximate surface area is 112 Å². The summed E-state index contributed by atoms with van der Waals surface area (Å²) in [5, 5.41) is 7.69. The van der Waals surface area contributed by atoms with E-state index in [2.05, 4.69) is 20.4 Å². The Morgan fingerprint density at radius 3 is 3.11 bits per heavy atom. The molecule has 3 rings (SSSR count). The van der Waals surface area contributed by atoms with Gasteiger partial charge in [-0.2, -0.15) is 14.6 Å². The van der Waals surface area contributed by atoms with Crippen LogP contribution in [0.4, 0.5) is 5.82 Å². The third-order valence-corrected chi connectivity index (χ3v) is 4.04. The van der Waals surface area contributed by atoms with Gasteiger partial charge in [-0.05, 0) is 38.1 Å². The van der Waals surface area contributed by atoms with Gasteiger partial charge in [-0.25, -0.2) is 4.98 Å². The molecule has 102 valence electrons. The normalized spacial score (nSPS) is 23.1. The second-order valence-electron chi connectivity index (χ2n) is 5.32. The molecule has 0 bridgehead atoms. The van der Waals surface area contributed by atoms with Gasteiger partial charge in [-0.15, -0.1) is 0 Å². The lowest BCUT2D eigenvalue weighted by atomic mass is 9.96. The minimum Gasteiger partial charge on any atom is -0.370 e. The number of fused-ring (bicyclic) bond motifs is 1. The van der Waals surface area contributed by atoms with Gasteiger partial charge >= 0.3 is 0 Å². The number of nitrogens with two attached hydrogens (primary N) is 1. The van der Waals surface area contributed by atoms with Gasteiger partial charge in [0, 0.05) is 18.3 Å². The first kappa shape index (κ1) is 12.3. The van der Waals surface area contributed by atoms with E-state index in [1.165, 1.54) is 25.6 Å². The summed E-state index contributed by atoms with van der Waals surface area (Å²) in [6, 6.07) is 2.01. The van der Waals surface area contributed by atoms with E-state index in [4.69, 9.17) is 5.73 Å². The molecule has 0 radical (unpaired) electrons. The molecule has 0 saturated heterocycles. The summed E-state index contributed by atoms with van der Waals surface area (Å²) in [5.41, 5.74) is 6.77. The maximum atomic E-state index is 5.83. The van der Waals surface area contributed by atoms with Crippen LogP contribution in [0.5, 0.6) is 0 Å². The maximum absolute atomic E-state index is 5.83. The lowest BCUT2D eigenvalue weighted by Gasteiger charge is -2.19. The third kappa shape index (κ3) is 2.40. The topological polar surface area (TPSA) is 81.1 Å². The second kappa shape index (κ2) is 5.13. The number of nitrogens with zero attached hydrogens (tertiary/aromatic N) is 4. The first-order valence-corrected chi connectivity index (χ1v) is 6.89. The van der Waals surface area contributed by atoms with Crippen molar-refractivity contribution >= 4 is 11.6 Å². The highest BCUT2D eigenvalue weighted by Gasteiger charge is 2.25. The fourth-order valence-electron chi connectivity index (χ4n) is 2.98. The molecule has 2 unspecified atom stereocenters. The monoisotopic (exact) mass is 260 g/mol. The predicted octanol–water partition coefficient (Wildman–Crippen LogP) is 1.22. The van der Waals surface area contributed by atoms with Crippen molar-refractivity contribution in [2.75, 3.05) is 18.4 Å². The molecule has 1 aliphatic carbocycles. The Kier molecular flexibility index (Phi) is 3.33. The molecule has 6 nitrogen and oxygen atoms in total. The molecular formula is C13H20N6. The first-order chi connectivity index (χ1) is 9.28. The van der Waals surface area contributed by atoms with Crippen molar-refractivity contribution in [3.05, 3.63) is 18.1 Å². The molecule has 2 heterocycles. The van der Waals surface area contributed by atoms with Crippen LogP contribution in [0, 0.1) is 18.8 Å². The largest absolute Gasteiger partial charge is 0.370 e. The van der Waals surface area contributed by atoms with Crippen LogP contribution < -0.4 is 11.1 Å². The molecule has 1 fully saturated rings. The van der Waals surface area contributed by atoms with E-state index >= 15 is 0 Å². The molecule has 6 heteroatoms. The third-order valence-electron chi connectivity index (χ3n) is 4.04. The number of rotatable bonds is 4. The van der Waals surface area contributed by atoms with Crippen LogP contribution in [0.3, 0.4) is 0 Å². The molecule has 1 aliphatic rings. The Bertz CT molecular complexity index is 563. The minimum atomic E-state index is 0.643. The molecule has 2 aromatic heterocycles. The van der Waals surface area contributed by atoms with E-state index < -0.39 is 0 Å². The number of hydrogen-bond donors (Lipinski definition) is 2. The average molecular weight is 260 g/mol. The lowest BCUT2D eigenvalue weighted by molar-refractivity contribution is 0.414. The summed E-state index contributed by atoms with van der Waals surface area (Å²) in [5.74, 6) is 2.92. The number of aromatic nitrogens is 4. The fraction of sp³-hybridized carbons (Fsp3) is 0.615. The zero-order valence-corrected chi connectivity index (χ0v) is 11.2. The molecule has 2 atom stereocenters. The van der Waals surface area contributed by atoms with E-state index in [1.54, 1.807) is 4.52 Å². The summed E-state index contributed by atoms with van der Waals surface area (Å²) in [4.78, 5) is 8.47. The number of anilines is 1. The Hall–Kier alpha value is -1.69. The van der Waals surface area contributed by atoms with Crippen LogP contribution in [-0.4, -0.2) is 32.7 Å². The highest BCUT2D eigenvalue weighted by molar-refractivity contribution is 5.44. The number of nitrogens with one attached hydrogen (secondary N) is 1. The summed E-state index contributed by atoms with van der Waals surface area (Å²) in [6.07, 6.45) is 5.35. The maximum Gasteiger partial charge on any atom is 0.254 e. The van der Waals surface area contributed by atoms with Crippen molar-refractivity contribution < 1.29 is 0 Å². The van der Waals surface area contributed by atoms with Crippen molar-refractivity contribution in [3.63, 3.8) is 0 Å². The van der Waals surface area contributed by atoms with Crippen LogP contribution in [0.2, 0.25) is 0 Å². The zero-order valence-electron chi connectivity index (χ0n) is 11.2. The van der Waals surface area contributed by atoms with E-state index in [9.17, 15) is 0 Å². The first-order valence-electron chi connectivity index (χ1n) is 6.89. The van der Waals surface area contributed by atoms with Gasteiger partial charge in [0.15, 0.2) is 0 Å². The number of aryl methyl sites for hydroxylation is 1. The molecule has 3 N–H and O–H groups in total. The van der Waals surface area contributed by atoms with Crippen molar-refractivity contribution in [1.29, 1.82) is 0 Å². The van der Waals surface area contributed by atoms with E-state index in [0.29, 0.717) is 17.6 Å². The molecule has 0 aromatic carbocycles. The standard InChI is InChI=1S/C13H20N6/c1-9-5-12(19-13(18-9)16-8-17-19)15-7-11-4-2-3-10(11)6-14/h5,8,10-11,15H,2-4,6-7,14H2,1H3. The van der Waals surface area contributed by atoms with E-state index in [-0.39, 0.29) is 0 Å². The number of hydrogen-bond acceptors (Lipinski definition) is 5. The molecule has 2 aromatic rings. The highest BCUT2D eigenvalue weighted by Crippen LogP contribution is 2.31. The smallest absolute Gasteiger partial charge is 0.254 e. The van der Waals surface area contributed by atoms with Gasteiger partial charge in [0.1, 0.15) is 12.1 Å². The van der Waals surface area contributed by atoms with Gasteiger partial charge in [0.25, 0.3) is 5.78 Å². The Morgan fingerprint density at radius 1 is 1.42 bits per heavy atom. The van der Waals surface area contributed by atoms with Crippen molar-refractivity contribution in [1.82, 2.24) is 19.6 Å². The van der Waals surface area contributed by atoms with Crippen LogP contribution in [0.1, 0.15) is 25.0 Å². The van der Waals surface area contributed by atoms with Gasteiger partial charge < -0.3 is 11.1 Å². The van der Waals surface area contributed by atoms with Crippen LogP contribution in [0.15, 0.2) is 12.4 Å². The predicted molar refractivity (Wildman–Crippen MR) is 73.9 cm³/mol. The van der Waals surface area contributed by atoms with Gasteiger partial charge in [-0.3, -0.25) is 0 Å². The molecule has 19 heavy (non-hydrogen) atoms. The van der Waals surface area contributed by atoms with E-state index in [1.807, 2.05) is 13.0 Å². The summed E-state index contributed by atoms with van der Waals surface area (Å²) < 4.78 is 1.75.